The highest BCUT2D eigenvalue weighted by molar-refractivity contribution is 5.73. The van der Waals surface area contributed by atoms with E-state index < -0.39 is 54.5 Å². The molecule has 0 aromatic carbocycles. The van der Waals surface area contributed by atoms with Crippen LogP contribution in [0, 0.1) is 0 Å². The van der Waals surface area contributed by atoms with E-state index >= 15 is 0 Å². The number of carbonyl (C=O) groups is 4. The largest absolute Gasteiger partial charge is 0.463 e. The minimum absolute atomic E-state index is 0.252. The van der Waals surface area contributed by atoms with Crippen molar-refractivity contribution in [1.82, 2.24) is 5.32 Å². The van der Waals surface area contributed by atoms with Crippen LogP contribution in [0.1, 0.15) is 27.7 Å². The molecule has 1 amide bonds. The van der Waals surface area contributed by atoms with Gasteiger partial charge >= 0.3 is 17.9 Å². The lowest BCUT2D eigenvalue weighted by atomic mass is 9.96. The summed E-state index contributed by atoms with van der Waals surface area (Å²) in [6.45, 7) is 4.57. The quantitative estimate of drug-likeness (QED) is 0.482. The molecule has 1 aliphatic rings. The van der Waals surface area contributed by atoms with Crippen molar-refractivity contribution in [2.75, 3.05) is 13.7 Å². The first-order chi connectivity index (χ1) is 11.6. The molecule has 1 saturated heterocycles. The average molecular weight is 361 g/mol. The van der Waals surface area contributed by atoms with E-state index in [1.807, 2.05) is 0 Å². The van der Waals surface area contributed by atoms with Gasteiger partial charge in [-0.3, -0.25) is 19.2 Å². The number of rotatable bonds is 6. The summed E-state index contributed by atoms with van der Waals surface area (Å²) in [7, 11) is 1.33. The number of hydrogen-bond donors (Lipinski definition) is 1. The molecule has 5 atom stereocenters. The first kappa shape index (κ1) is 20.8. The molecule has 0 spiro atoms. The van der Waals surface area contributed by atoms with Gasteiger partial charge in [-0.15, -0.1) is 0 Å². The van der Waals surface area contributed by atoms with Gasteiger partial charge in [0, 0.05) is 34.8 Å². The van der Waals surface area contributed by atoms with Crippen LogP contribution in [0.3, 0.4) is 0 Å². The Bertz CT molecular complexity index is 521. The van der Waals surface area contributed by atoms with Crippen LogP contribution in [0.25, 0.3) is 0 Å². The molecule has 0 aromatic rings. The molecule has 0 unspecified atom stereocenters. The van der Waals surface area contributed by atoms with Gasteiger partial charge in [-0.2, -0.15) is 0 Å². The van der Waals surface area contributed by atoms with Crippen LogP contribution >= 0.6 is 0 Å². The number of nitrogens with one attached hydrogen (secondary N) is 1. The van der Waals surface area contributed by atoms with E-state index in [0.29, 0.717) is 0 Å². The molecule has 1 rings (SSSR count). The summed E-state index contributed by atoms with van der Waals surface area (Å²) in [5, 5.41) is 2.56. The Hall–Kier alpha value is -2.20. The van der Waals surface area contributed by atoms with Gasteiger partial charge in [0.25, 0.3) is 0 Å². The summed E-state index contributed by atoms with van der Waals surface area (Å²) in [6.07, 6.45) is -4.17. The average Bonchev–Trinajstić information content (AvgIpc) is 2.48. The molecule has 0 bridgehead atoms. The lowest BCUT2D eigenvalue weighted by molar-refractivity contribution is -0.271. The molecule has 142 valence electrons. The molecule has 25 heavy (non-hydrogen) atoms. The summed E-state index contributed by atoms with van der Waals surface area (Å²) in [6, 6.07) is -0.927. The van der Waals surface area contributed by atoms with Gasteiger partial charge in [-0.05, 0) is 0 Å². The Morgan fingerprint density at radius 3 is 1.92 bits per heavy atom. The van der Waals surface area contributed by atoms with Crippen molar-refractivity contribution in [1.29, 1.82) is 0 Å². The topological polar surface area (TPSA) is 126 Å². The Balaban J connectivity index is 3.18. The van der Waals surface area contributed by atoms with Crippen LogP contribution in [0.5, 0.6) is 0 Å². The van der Waals surface area contributed by atoms with Crippen molar-refractivity contribution in [2.45, 2.75) is 58.3 Å². The van der Waals surface area contributed by atoms with E-state index in [1.54, 1.807) is 0 Å². The number of hydrogen-bond acceptors (Lipinski definition) is 9. The molecule has 1 fully saturated rings. The predicted molar refractivity (Wildman–Crippen MR) is 81.0 cm³/mol. The predicted octanol–water partition coefficient (Wildman–Crippen LogP) is -0.711. The Kier molecular flexibility index (Phi) is 7.78. The van der Waals surface area contributed by atoms with Crippen LogP contribution in [-0.4, -0.2) is 68.2 Å². The minimum Gasteiger partial charge on any atom is -0.463 e. The number of amides is 1. The number of ether oxygens (including phenoxy) is 5. The number of esters is 3. The fourth-order valence-electron chi connectivity index (χ4n) is 2.49. The third-order valence-electron chi connectivity index (χ3n) is 3.30. The molecule has 1 heterocycles. The highest BCUT2D eigenvalue weighted by Crippen LogP contribution is 2.27. The Morgan fingerprint density at radius 1 is 0.920 bits per heavy atom. The zero-order chi connectivity index (χ0) is 19.1. The van der Waals surface area contributed by atoms with Crippen molar-refractivity contribution < 1.29 is 42.9 Å². The lowest BCUT2D eigenvalue weighted by Gasteiger charge is -2.44. The van der Waals surface area contributed by atoms with E-state index in [4.69, 9.17) is 23.7 Å². The second-order valence-corrected chi connectivity index (χ2v) is 5.46. The molecule has 10 nitrogen and oxygen atoms in total. The standard InChI is InChI=1S/C15H23NO9/c1-7(17)16-12-14(24-10(4)20)13(23-9(3)19)11(6-22-8(2)18)25-15(12)21-5/h11-15H,6H2,1-5H3,(H,16,17)/t11-,12-,13+,14+,15-/m1/s1. The second-order valence-electron chi connectivity index (χ2n) is 5.46. The van der Waals surface area contributed by atoms with Crippen molar-refractivity contribution in [3.63, 3.8) is 0 Å². The molecule has 1 N–H and O–H groups in total. The highest BCUT2D eigenvalue weighted by Gasteiger charge is 2.50. The molecule has 10 heteroatoms. The summed E-state index contributed by atoms with van der Waals surface area (Å²) >= 11 is 0. The first-order valence-corrected chi connectivity index (χ1v) is 7.58. The van der Waals surface area contributed by atoms with Crippen LogP contribution < -0.4 is 5.32 Å². The SMILES string of the molecule is CO[C@@H]1O[C@H](COC(C)=O)[C@H](OC(C)=O)[C@@H](OC(C)=O)[C@H]1NC(C)=O. The molecule has 0 radical (unpaired) electrons. The lowest BCUT2D eigenvalue weighted by Crippen LogP contribution is -2.66. The number of carbonyl (C=O) groups excluding carboxylic acids is 4. The van der Waals surface area contributed by atoms with Gasteiger partial charge in [-0.25, -0.2) is 0 Å². The summed E-state index contributed by atoms with van der Waals surface area (Å²) < 4.78 is 26.2. The first-order valence-electron chi connectivity index (χ1n) is 7.58. The van der Waals surface area contributed by atoms with Gasteiger partial charge in [-0.1, -0.05) is 0 Å². The van der Waals surface area contributed by atoms with Crippen LogP contribution in [0.4, 0.5) is 0 Å². The van der Waals surface area contributed by atoms with Crippen LogP contribution in [-0.2, 0) is 42.9 Å². The molecular formula is C15H23NO9. The van der Waals surface area contributed by atoms with E-state index in [1.165, 1.54) is 34.8 Å². The molecule has 0 aromatic heterocycles. The van der Waals surface area contributed by atoms with E-state index in [-0.39, 0.29) is 6.61 Å². The normalized spacial score (nSPS) is 28.6. The third kappa shape index (κ3) is 6.31. The van der Waals surface area contributed by atoms with Gasteiger partial charge in [0.1, 0.15) is 18.8 Å². The minimum atomic E-state index is -1.11. The molecule has 0 aliphatic carbocycles. The highest BCUT2D eigenvalue weighted by atomic mass is 16.7. The number of methoxy groups -OCH3 is 1. The summed E-state index contributed by atoms with van der Waals surface area (Å²) in [4.78, 5) is 45.5. The van der Waals surface area contributed by atoms with E-state index in [9.17, 15) is 19.2 Å². The van der Waals surface area contributed by atoms with Crippen LogP contribution in [0.2, 0.25) is 0 Å². The Labute approximate surface area is 145 Å². The monoisotopic (exact) mass is 361 g/mol. The zero-order valence-corrected chi connectivity index (χ0v) is 14.8. The van der Waals surface area contributed by atoms with E-state index in [0.717, 1.165) is 0 Å². The zero-order valence-electron chi connectivity index (χ0n) is 14.8. The van der Waals surface area contributed by atoms with Crippen molar-refractivity contribution in [3.8, 4) is 0 Å². The Morgan fingerprint density at radius 2 is 1.48 bits per heavy atom. The maximum absolute atomic E-state index is 11.5. The maximum atomic E-state index is 11.5. The van der Waals surface area contributed by atoms with Gasteiger partial charge < -0.3 is 29.0 Å². The smallest absolute Gasteiger partial charge is 0.303 e. The molecule has 0 saturated carbocycles. The fraction of sp³-hybridized carbons (Fsp3) is 0.733. The maximum Gasteiger partial charge on any atom is 0.303 e. The fourth-order valence-corrected chi connectivity index (χ4v) is 2.49. The van der Waals surface area contributed by atoms with Crippen molar-refractivity contribution in [3.05, 3.63) is 0 Å². The molecular weight excluding hydrogens is 338 g/mol. The van der Waals surface area contributed by atoms with E-state index in [2.05, 4.69) is 5.32 Å². The summed E-state index contributed by atoms with van der Waals surface area (Å²) in [5.41, 5.74) is 0. The van der Waals surface area contributed by atoms with Gasteiger partial charge in [0.05, 0.1) is 0 Å². The van der Waals surface area contributed by atoms with Gasteiger partial charge in [0.2, 0.25) is 5.91 Å². The second kappa shape index (κ2) is 9.33. The third-order valence-corrected chi connectivity index (χ3v) is 3.30. The van der Waals surface area contributed by atoms with Gasteiger partial charge in [0.15, 0.2) is 18.5 Å². The van der Waals surface area contributed by atoms with Crippen molar-refractivity contribution in [2.24, 2.45) is 0 Å². The molecule has 1 aliphatic heterocycles. The van der Waals surface area contributed by atoms with Crippen LogP contribution in [0.15, 0.2) is 0 Å². The van der Waals surface area contributed by atoms with Crippen molar-refractivity contribution >= 4 is 23.8 Å². The summed E-state index contributed by atoms with van der Waals surface area (Å²) in [5.74, 6) is -2.29.